The monoisotopic (exact) mass is 255 g/mol. The van der Waals surface area contributed by atoms with Crippen LogP contribution >= 0.6 is 0 Å². The molecule has 1 rings (SSSR count). The van der Waals surface area contributed by atoms with Crippen molar-refractivity contribution in [2.45, 2.75) is 44.6 Å². The Morgan fingerprint density at radius 1 is 1.44 bits per heavy atom. The molecule has 104 valence electrons. The number of nitrogens with one attached hydrogen (secondary N) is 1. The van der Waals surface area contributed by atoms with Gasteiger partial charge in [0, 0.05) is 32.6 Å². The molecule has 0 bridgehead atoms. The summed E-state index contributed by atoms with van der Waals surface area (Å²) < 4.78 is 0. The summed E-state index contributed by atoms with van der Waals surface area (Å²) in [5.41, 5.74) is 5.81. The second kappa shape index (κ2) is 6.18. The van der Waals surface area contributed by atoms with E-state index in [1.165, 1.54) is 0 Å². The number of hydrogen-bond donors (Lipinski definition) is 2. The van der Waals surface area contributed by atoms with Gasteiger partial charge in [-0.25, -0.2) is 0 Å². The molecule has 2 unspecified atom stereocenters. The highest BCUT2D eigenvalue weighted by atomic mass is 16.2. The van der Waals surface area contributed by atoms with Crippen LogP contribution in [0.25, 0.3) is 0 Å². The topological polar surface area (TPSA) is 75.4 Å². The SMILES string of the molecule is CNC(=O)CCN(C)C(=O)C1CCCCC1(C)N. The van der Waals surface area contributed by atoms with E-state index in [2.05, 4.69) is 5.32 Å². The predicted molar refractivity (Wildman–Crippen MR) is 70.9 cm³/mol. The number of carbonyl (C=O) groups is 2. The first-order valence-corrected chi connectivity index (χ1v) is 6.63. The van der Waals surface area contributed by atoms with Crippen molar-refractivity contribution in [3.05, 3.63) is 0 Å². The number of amides is 2. The van der Waals surface area contributed by atoms with E-state index in [9.17, 15) is 9.59 Å². The van der Waals surface area contributed by atoms with Crippen LogP contribution in [0.5, 0.6) is 0 Å². The molecule has 0 aromatic carbocycles. The molecule has 2 amide bonds. The minimum Gasteiger partial charge on any atom is -0.359 e. The number of hydrogen-bond acceptors (Lipinski definition) is 3. The molecular formula is C13H25N3O2. The molecule has 1 aliphatic carbocycles. The third kappa shape index (κ3) is 3.70. The zero-order chi connectivity index (χ0) is 13.8. The Hall–Kier alpha value is -1.10. The smallest absolute Gasteiger partial charge is 0.227 e. The van der Waals surface area contributed by atoms with Crippen molar-refractivity contribution >= 4 is 11.8 Å². The van der Waals surface area contributed by atoms with E-state index in [0.717, 1.165) is 25.7 Å². The summed E-state index contributed by atoms with van der Waals surface area (Å²) in [6.07, 6.45) is 4.25. The van der Waals surface area contributed by atoms with Gasteiger partial charge in [0.25, 0.3) is 0 Å². The molecule has 1 aliphatic rings. The Kier molecular flexibility index (Phi) is 5.14. The van der Waals surface area contributed by atoms with Crippen molar-refractivity contribution < 1.29 is 9.59 Å². The van der Waals surface area contributed by atoms with Gasteiger partial charge in [-0.15, -0.1) is 0 Å². The molecule has 0 saturated heterocycles. The molecule has 18 heavy (non-hydrogen) atoms. The van der Waals surface area contributed by atoms with Gasteiger partial charge in [0.05, 0.1) is 5.92 Å². The molecule has 5 nitrogen and oxygen atoms in total. The van der Waals surface area contributed by atoms with Crippen LogP contribution in [0, 0.1) is 5.92 Å². The first-order chi connectivity index (χ1) is 8.38. The lowest BCUT2D eigenvalue weighted by molar-refractivity contribution is -0.137. The third-order valence-electron chi connectivity index (χ3n) is 3.88. The number of nitrogens with zero attached hydrogens (tertiary/aromatic N) is 1. The maximum Gasteiger partial charge on any atom is 0.227 e. The van der Waals surface area contributed by atoms with Crippen LogP contribution in [0.3, 0.4) is 0 Å². The van der Waals surface area contributed by atoms with Gasteiger partial charge in [0.15, 0.2) is 0 Å². The predicted octanol–water partition coefficient (Wildman–Crippen LogP) is 0.489. The van der Waals surface area contributed by atoms with Gasteiger partial charge in [0.1, 0.15) is 0 Å². The summed E-state index contributed by atoms with van der Waals surface area (Å²) in [6.45, 7) is 2.41. The van der Waals surface area contributed by atoms with Crippen molar-refractivity contribution in [1.82, 2.24) is 10.2 Å². The second-order valence-electron chi connectivity index (χ2n) is 5.49. The van der Waals surface area contributed by atoms with Crippen LogP contribution < -0.4 is 11.1 Å². The number of carbonyl (C=O) groups excluding carboxylic acids is 2. The van der Waals surface area contributed by atoms with Crippen LogP contribution in [-0.2, 0) is 9.59 Å². The van der Waals surface area contributed by atoms with Gasteiger partial charge in [-0.3, -0.25) is 9.59 Å². The van der Waals surface area contributed by atoms with Crippen LogP contribution in [-0.4, -0.2) is 42.9 Å². The molecule has 0 heterocycles. The first-order valence-electron chi connectivity index (χ1n) is 6.63. The Bertz CT molecular complexity index is 315. The lowest BCUT2D eigenvalue weighted by atomic mass is 9.74. The van der Waals surface area contributed by atoms with E-state index < -0.39 is 5.54 Å². The average molecular weight is 255 g/mol. The lowest BCUT2D eigenvalue weighted by Crippen LogP contribution is -2.53. The molecule has 0 aromatic heterocycles. The molecular weight excluding hydrogens is 230 g/mol. The zero-order valence-corrected chi connectivity index (χ0v) is 11.7. The lowest BCUT2D eigenvalue weighted by Gasteiger charge is -2.39. The highest BCUT2D eigenvalue weighted by molar-refractivity contribution is 5.81. The second-order valence-corrected chi connectivity index (χ2v) is 5.49. The van der Waals surface area contributed by atoms with Crippen LogP contribution in [0.4, 0.5) is 0 Å². The average Bonchev–Trinajstić information content (AvgIpc) is 2.34. The van der Waals surface area contributed by atoms with E-state index in [1.807, 2.05) is 6.92 Å². The van der Waals surface area contributed by atoms with Crippen molar-refractivity contribution in [3.63, 3.8) is 0 Å². The molecule has 5 heteroatoms. The van der Waals surface area contributed by atoms with Crippen molar-refractivity contribution in [2.75, 3.05) is 20.6 Å². The van der Waals surface area contributed by atoms with Crippen LogP contribution in [0.15, 0.2) is 0 Å². The summed E-state index contributed by atoms with van der Waals surface area (Å²) in [5, 5.41) is 2.55. The van der Waals surface area contributed by atoms with Gasteiger partial charge in [-0.2, -0.15) is 0 Å². The minimum atomic E-state index is -0.406. The molecule has 0 spiro atoms. The maximum absolute atomic E-state index is 12.3. The number of nitrogens with two attached hydrogens (primary N) is 1. The Morgan fingerprint density at radius 3 is 2.67 bits per heavy atom. The van der Waals surface area contributed by atoms with Gasteiger partial charge >= 0.3 is 0 Å². The highest BCUT2D eigenvalue weighted by Gasteiger charge is 2.38. The van der Waals surface area contributed by atoms with E-state index in [4.69, 9.17) is 5.73 Å². The zero-order valence-electron chi connectivity index (χ0n) is 11.7. The Labute approximate surface area is 109 Å². The van der Waals surface area contributed by atoms with Gasteiger partial charge < -0.3 is 16.0 Å². The van der Waals surface area contributed by atoms with E-state index >= 15 is 0 Å². The fourth-order valence-electron chi connectivity index (χ4n) is 2.53. The van der Waals surface area contributed by atoms with E-state index in [-0.39, 0.29) is 17.7 Å². The van der Waals surface area contributed by atoms with Crippen LogP contribution in [0.2, 0.25) is 0 Å². The van der Waals surface area contributed by atoms with Crippen LogP contribution in [0.1, 0.15) is 39.0 Å². The molecule has 0 radical (unpaired) electrons. The third-order valence-corrected chi connectivity index (χ3v) is 3.88. The first kappa shape index (κ1) is 15.0. The molecule has 1 fully saturated rings. The Morgan fingerprint density at radius 2 is 2.11 bits per heavy atom. The quantitative estimate of drug-likeness (QED) is 0.767. The maximum atomic E-state index is 12.3. The Balaban J connectivity index is 2.54. The summed E-state index contributed by atoms with van der Waals surface area (Å²) in [5.74, 6) is -0.0849. The highest BCUT2D eigenvalue weighted by Crippen LogP contribution is 2.32. The molecule has 2 atom stereocenters. The van der Waals surface area contributed by atoms with E-state index in [0.29, 0.717) is 13.0 Å². The largest absolute Gasteiger partial charge is 0.359 e. The van der Waals surface area contributed by atoms with Gasteiger partial charge in [-0.05, 0) is 19.8 Å². The standard InChI is InChI=1S/C13H25N3O2/c1-13(14)8-5-4-6-10(13)12(18)16(3)9-7-11(17)15-2/h10H,4-9,14H2,1-3H3,(H,15,17). The van der Waals surface area contributed by atoms with Crippen molar-refractivity contribution in [2.24, 2.45) is 11.7 Å². The van der Waals surface area contributed by atoms with E-state index in [1.54, 1.807) is 19.0 Å². The molecule has 0 aliphatic heterocycles. The minimum absolute atomic E-state index is 0.0474. The molecule has 1 saturated carbocycles. The molecule has 0 aromatic rings. The fourth-order valence-corrected chi connectivity index (χ4v) is 2.53. The van der Waals surface area contributed by atoms with Crippen molar-refractivity contribution in [3.8, 4) is 0 Å². The summed E-state index contributed by atoms with van der Waals surface area (Å²) in [7, 11) is 3.35. The normalized spacial score (nSPS) is 27.7. The number of rotatable bonds is 4. The summed E-state index contributed by atoms with van der Waals surface area (Å²) >= 11 is 0. The van der Waals surface area contributed by atoms with Gasteiger partial charge in [0.2, 0.25) is 11.8 Å². The fraction of sp³-hybridized carbons (Fsp3) is 0.846. The molecule has 3 N–H and O–H groups in total. The summed E-state index contributed by atoms with van der Waals surface area (Å²) in [6, 6.07) is 0. The van der Waals surface area contributed by atoms with Gasteiger partial charge in [-0.1, -0.05) is 12.8 Å². The van der Waals surface area contributed by atoms with Crippen molar-refractivity contribution in [1.29, 1.82) is 0 Å². The summed E-state index contributed by atoms with van der Waals surface area (Å²) in [4.78, 5) is 25.1.